The van der Waals surface area contributed by atoms with E-state index in [4.69, 9.17) is 26.2 Å². The highest BCUT2D eigenvalue weighted by atomic mass is 35.5. The maximum absolute atomic E-state index is 10.8. The number of carbonyl (C=O) groups is 1. The largest absolute Gasteiger partial charge is 0.508 e. The Morgan fingerprint density at radius 3 is 2.70 bits per heavy atom. The van der Waals surface area contributed by atoms with E-state index in [1.807, 2.05) is 44.2 Å². The van der Waals surface area contributed by atoms with Gasteiger partial charge in [-0.2, -0.15) is 0 Å². The molecule has 0 amide bonds. The number of alkyl halides is 1. The van der Waals surface area contributed by atoms with Crippen LogP contribution in [-0.2, 0) is 17.6 Å². The molecule has 3 rings (SSSR count). The topological polar surface area (TPSA) is 76.0 Å². The van der Waals surface area contributed by atoms with E-state index in [-0.39, 0.29) is 6.42 Å². The van der Waals surface area contributed by atoms with E-state index in [9.17, 15) is 9.90 Å². The van der Waals surface area contributed by atoms with Gasteiger partial charge in [0.05, 0.1) is 0 Å². The molecule has 1 aliphatic rings. The van der Waals surface area contributed by atoms with Crippen LogP contribution < -0.4 is 9.47 Å². The number of hydrogen-bond acceptors (Lipinski definition) is 4. The van der Waals surface area contributed by atoms with Gasteiger partial charge in [0.1, 0.15) is 34.8 Å². The number of carboxylic acid groups (broad SMARTS) is 1. The molecule has 1 aliphatic heterocycles. The average Bonchev–Trinajstić information content (AvgIpc) is 2.62. The number of rotatable bonds is 6. The highest BCUT2D eigenvalue weighted by molar-refractivity contribution is 6.29. The van der Waals surface area contributed by atoms with E-state index in [2.05, 4.69) is 0 Å². The summed E-state index contributed by atoms with van der Waals surface area (Å²) in [6, 6.07) is 10.9. The molecule has 0 saturated carbocycles. The lowest BCUT2D eigenvalue weighted by atomic mass is 9.92. The lowest BCUT2D eigenvalue weighted by Gasteiger charge is -2.35. The van der Waals surface area contributed by atoms with Crippen molar-refractivity contribution in [3.8, 4) is 17.2 Å². The molecular weight excluding hydrogens is 368 g/mol. The van der Waals surface area contributed by atoms with Crippen molar-refractivity contribution in [3.63, 3.8) is 0 Å². The molecule has 2 unspecified atom stereocenters. The first-order valence-electron chi connectivity index (χ1n) is 8.86. The molecule has 144 valence electrons. The number of aliphatic carboxylic acids is 1. The summed E-state index contributed by atoms with van der Waals surface area (Å²) in [6.45, 7) is 4.25. The molecule has 0 radical (unpaired) electrons. The van der Waals surface area contributed by atoms with Crippen molar-refractivity contribution < 1.29 is 24.5 Å². The van der Waals surface area contributed by atoms with E-state index in [1.54, 1.807) is 6.07 Å². The predicted molar refractivity (Wildman–Crippen MR) is 103 cm³/mol. The standard InChI is InChI=1S/C21H23ClO5/c1-13-9-19-15(11-18(13)23)7-8-21(2,27-19)12-26-16-5-3-14(4-6-16)10-17(22)20(24)25/h3-6,9,11,17,23H,7-8,10,12H2,1-2H3,(H,24,25). The molecule has 27 heavy (non-hydrogen) atoms. The molecule has 0 fully saturated rings. The molecule has 6 heteroatoms. The lowest BCUT2D eigenvalue weighted by molar-refractivity contribution is -0.136. The Morgan fingerprint density at radius 2 is 2.04 bits per heavy atom. The first kappa shape index (κ1) is 19.4. The van der Waals surface area contributed by atoms with E-state index >= 15 is 0 Å². The van der Waals surface area contributed by atoms with Crippen LogP contribution in [0.15, 0.2) is 36.4 Å². The van der Waals surface area contributed by atoms with Gasteiger partial charge in [0, 0.05) is 0 Å². The second kappa shape index (κ2) is 7.69. The SMILES string of the molecule is Cc1cc2c(cc1O)CCC(C)(COc1ccc(CC(Cl)C(=O)O)cc1)O2. The lowest BCUT2D eigenvalue weighted by Crippen LogP contribution is -2.42. The van der Waals surface area contributed by atoms with E-state index < -0.39 is 16.9 Å². The molecule has 0 aromatic heterocycles. The molecule has 0 bridgehead atoms. The average molecular weight is 391 g/mol. The maximum atomic E-state index is 10.8. The van der Waals surface area contributed by atoms with Crippen molar-refractivity contribution in [1.82, 2.24) is 0 Å². The predicted octanol–water partition coefficient (Wildman–Crippen LogP) is 4.10. The fourth-order valence-electron chi connectivity index (χ4n) is 3.07. The van der Waals surface area contributed by atoms with Crippen molar-refractivity contribution in [3.05, 3.63) is 53.1 Å². The molecule has 0 saturated heterocycles. The van der Waals surface area contributed by atoms with Gasteiger partial charge in [-0.1, -0.05) is 12.1 Å². The number of benzene rings is 2. The van der Waals surface area contributed by atoms with Crippen LogP contribution in [-0.4, -0.2) is 33.8 Å². The second-order valence-corrected chi connectivity index (χ2v) is 7.77. The zero-order valence-electron chi connectivity index (χ0n) is 15.4. The zero-order chi connectivity index (χ0) is 19.6. The number of hydrogen-bond donors (Lipinski definition) is 2. The van der Waals surface area contributed by atoms with Gasteiger partial charge in [-0.15, -0.1) is 11.6 Å². The first-order valence-corrected chi connectivity index (χ1v) is 9.29. The first-order chi connectivity index (χ1) is 12.8. The summed E-state index contributed by atoms with van der Waals surface area (Å²) in [4.78, 5) is 10.8. The third-order valence-corrected chi connectivity index (χ3v) is 5.15. The zero-order valence-corrected chi connectivity index (χ0v) is 16.1. The molecule has 2 aromatic carbocycles. The molecule has 2 aromatic rings. The summed E-state index contributed by atoms with van der Waals surface area (Å²) in [6.07, 6.45) is 1.86. The Labute approximate surface area is 163 Å². The van der Waals surface area contributed by atoms with Gasteiger partial charge in [0.25, 0.3) is 0 Å². The minimum Gasteiger partial charge on any atom is -0.508 e. The third kappa shape index (κ3) is 4.66. The van der Waals surface area contributed by atoms with E-state index in [0.29, 0.717) is 18.1 Å². The van der Waals surface area contributed by atoms with Gasteiger partial charge in [-0.05, 0) is 74.1 Å². The van der Waals surface area contributed by atoms with Gasteiger partial charge in [-0.3, -0.25) is 4.79 Å². The Kier molecular flexibility index (Phi) is 5.51. The molecular formula is C21H23ClO5. The molecule has 2 atom stereocenters. The number of fused-ring (bicyclic) bond motifs is 1. The summed E-state index contributed by atoms with van der Waals surface area (Å²) >= 11 is 5.77. The minimum absolute atomic E-state index is 0.265. The van der Waals surface area contributed by atoms with Crippen molar-refractivity contribution in [2.45, 2.75) is 44.1 Å². The van der Waals surface area contributed by atoms with Gasteiger partial charge in [-0.25, -0.2) is 0 Å². The number of carboxylic acids is 1. The van der Waals surface area contributed by atoms with Crippen LogP contribution >= 0.6 is 11.6 Å². The van der Waals surface area contributed by atoms with Crippen LogP contribution in [0.3, 0.4) is 0 Å². The van der Waals surface area contributed by atoms with Crippen LogP contribution in [0.4, 0.5) is 0 Å². The summed E-state index contributed by atoms with van der Waals surface area (Å²) in [5.41, 5.74) is 2.18. The molecule has 5 nitrogen and oxygen atoms in total. The highest BCUT2D eigenvalue weighted by Crippen LogP contribution is 2.37. The van der Waals surface area contributed by atoms with Gasteiger partial charge in [0.15, 0.2) is 0 Å². The smallest absolute Gasteiger partial charge is 0.321 e. The van der Waals surface area contributed by atoms with Crippen molar-refractivity contribution in [2.24, 2.45) is 0 Å². The molecule has 2 N–H and O–H groups in total. The van der Waals surface area contributed by atoms with Crippen LogP contribution in [0.2, 0.25) is 0 Å². The maximum Gasteiger partial charge on any atom is 0.321 e. The van der Waals surface area contributed by atoms with Crippen LogP contribution in [0, 0.1) is 6.92 Å². The fourth-order valence-corrected chi connectivity index (χ4v) is 3.25. The van der Waals surface area contributed by atoms with Crippen LogP contribution in [0.1, 0.15) is 30.0 Å². The van der Waals surface area contributed by atoms with Gasteiger partial charge in [0.2, 0.25) is 0 Å². The van der Waals surface area contributed by atoms with Crippen molar-refractivity contribution >= 4 is 17.6 Å². The number of phenolic OH excluding ortho intramolecular Hbond substituents is 1. The molecule has 1 heterocycles. The van der Waals surface area contributed by atoms with E-state index in [0.717, 1.165) is 35.3 Å². The number of aromatic hydroxyl groups is 1. The monoisotopic (exact) mass is 390 g/mol. The van der Waals surface area contributed by atoms with E-state index in [1.165, 1.54) is 0 Å². The summed E-state index contributed by atoms with van der Waals surface area (Å²) in [7, 11) is 0. The number of halogens is 1. The van der Waals surface area contributed by atoms with Gasteiger partial charge >= 0.3 is 5.97 Å². The normalized spacial score (nSPS) is 19.7. The Hall–Kier alpha value is -2.40. The van der Waals surface area contributed by atoms with Crippen LogP contribution in [0.5, 0.6) is 17.2 Å². The molecule has 0 spiro atoms. The number of aryl methyl sites for hydroxylation is 2. The quantitative estimate of drug-likeness (QED) is 0.726. The highest BCUT2D eigenvalue weighted by Gasteiger charge is 2.33. The Bertz CT molecular complexity index is 833. The van der Waals surface area contributed by atoms with Crippen molar-refractivity contribution in [1.29, 1.82) is 0 Å². The minimum atomic E-state index is -1.02. The Morgan fingerprint density at radius 1 is 1.33 bits per heavy atom. The summed E-state index contributed by atoms with van der Waals surface area (Å²) < 4.78 is 12.1. The third-order valence-electron chi connectivity index (χ3n) is 4.81. The summed E-state index contributed by atoms with van der Waals surface area (Å²) in [5.74, 6) is 0.750. The fraction of sp³-hybridized carbons (Fsp3) is 0.381. The van der Waals surface area contributed by atoms with Crippen LogP contribution in [0.25, 0.3) is 0 Å². The summed E-state index contributed by atoms with van der Waals surface area (Å²) in [5, 5.41) is 17.8. The Balaban J connectivity index is 1.61. The number of ether oxygens (including phenoxy) is 2. The number of phenols is 1. The molecule has 0 aliphatic carbocycles. The van der Waals surface area contributed by atoms with Gasteiger partial charge < -0.3 is 19.7 Å². The van der Waals surface area contributed by atoms with Crippen molar-refractivity contribution in [2.75, 3.05) is 6.61 Å². The second-order valence-electron chi connectivity index (χ2n) is 7.24.